The molecule has 1 aromatic carbocycles. The van der Waals surface area contributed by atoms with E-state index in [0.29, 0.717) is 25.0 Å². The maximum atomic E-state index is 12.9. The summed E-state index contributed by atoms with van der Waals surface area (Å²) in [5.74, 6) is 1.29. The van der Waals surface area contributed by atoms with Gasteiger partial charge >= 0.3 is 0 Å². The minimum absolute atomic E-state index is 0.0791. The van der Waals surface area contributed by atoms with Crippen LogP contribution in [0.2, 0.25) is 0 Å². The Morgan fingerprint density at radius 1 is 1.00 bits per heavy atom. The normalized spacial score (nSPS) is 21.2. The summed E-state index contributed by atoms with van der Waals surface area (Å²) in [6, 6.07) is 8.02. The van der Waals surface area contributed by atoms with Gasteiger partial charge in [-0.05, 0) is 68.7 Å². The van der Waals surface area contributed by atoms with Crippen LogP contribution < -0.4 is 0 Å². The summed E-state index contributed by atoms with van der Waals surface area (Å²) in [4.78, 5) is 29.6. The van der Waals surface area contributed by atoms with Gasteiger partial charge in [0.25, 0.3) is 5.91 Å². The Hall–Kier alpha value is -1.36. The maximum Gasteiger partial charge on any atom is 0.253 e. The fourth-order valence-electron chi connectivity index (χ4n) is 3.72. The van der Waals surface area contributed by atoms with Crippen molar-refractivity contribution in [1.82, 2.24) is 9.80 Å². The number of rotatable bonds is 5. The molecular formula is C20H25BrN2O2. The molecule has 1 aliphatic heterocycles. The van der Waals surface area contributed by atoms with Gasteiger partial charge in [0, 0.05) is 41.6 Å². The monoisotopic (exact) mass is 404 g/mol. The summed E-state index contributed by atoms with van der Waals surface area (Å²) in [6.45, 7) is 2.35. The minimum Gasteiger partial charge on any atom is -0.339 e. The third-order valence-electron chi connectivity index (χ3n) is 5.65. The fraction of sp³-hybridized carbons (Fsp3) is 0.600. The van der Waals surface area contributed by atoms with Crippen molar-refractivity contribution in [1.29, 1.82) is 0 Å². The Bertz CT molecular complexity index is 644. The topological polar surface area (TPSA) is 40.6 Å². The third-order valence-corrected chi connectivity index (χ3v) is 6.17. The van der Waals surface area contributed by atoms with Gasteiger partial charge in [0.05, 0.1) is 0 Å². The van der Waals surface area contributed by atoms with Gasteiger partial charge in [-0.2, -0.15) is 0 Å². The third kappa shape index (κ3) is 4.08. The molecule has 25 heavy (non-hydrogen) atoms. The Labute approximate surface area is 157 Å². The van der Waals surface area contributed by atoms with E-state index in [1.165, 1.54) is 25.7 Å². The van der Waals surface area contributed by atoms with Gasteiger partial charge in [-0.3, -0.25) is 9.59 Å². The van der Waals surface area contributed by atoms with E-state index in [4.69, 9.17) is 0 Å². The van der Waals surface area contributed by atoms with Crippen LogP contribution in [0.1, 0.15) is 48.9 Å². The van der Waals surface area contributed by atoms with E-state index in [9.17, 15) is 9.59 Å². The van der Waals surface area contributed by atoms with Crippen molar-refractivity contribution in [2.75, 3.05) is 19.6 Å². The van der Waals surface area contributed by atoms with E-state index in [1.54, 1.807) is 0 Å². The molecule has 1 saturated heterocycles. The van der Waals surface area contributed by atoms with Crippen LogP contribution in [0.4, 0.5) is 0 Å². The Morgan fingerprint density at radius 3 is 2.20 bits per heavy atom. The number of hydrogen-bond acceptors (Lipinski definition) is 2. The van der Waals surface area contributed by atoms with E-state index >= 15 is 0 Å². The molecule has 4 rings (SSSR count). The molecule has 2 aliphatic carbocycles. The molecule has 134 valence electrons. The molecule has 0 atom stereocenters. The van der Waals surface area contributed by atoms with E-state index in [2.05, 4.69) is 20.8 Å². The van der Waals surface area contributed by atoms with Crippen molar-refractivity contribution >= 4 is 27.7 Å². The van der Waals surface area contributed by atoms with E-state index in [-0.39, 0.29) is 11.8 Å². The van der Waals surface area contributed by atoms with Crippen LogP contribution >= 0.6 is 15.9 Å². The first-order valence-corrected chi connectivity index (χ1v) is 10.3. The predicted octanol–water partition coefficient (Wildman–Crippen LogP) is 3.70. The molecule has 2 saturated carbocycles. The summed E-state index contributed by atoms with van der Waals surface area (Å²) in [5.41, 5.74) is 0.723. The lowest BCUT2D eigenvalue weighted by Crippen LogP contribution is -2.45. The van der Waals surface area contributed by atoms with Crippen molar-refractivity contribution in [3.05, 3.63) is 34.3 Å². The molecule has 1 heterocycles. The van der Waals surface area contributed by atoms with Gasteiger partial charge in [-0.1, -0.05) is 15.9 Å². The SMILES string of the molecule is O=C(c1ccc(Br)cc1)N1CCC(C(=O)N(CC2CC2)C2CC2)CC1. The van der Waals surface area contributed by atoms with Crippen LogP contribution in [0.25, 0.3) is 0 Å². The van der Waals surface area contributed by atoms with Crippen molar-refractivity contribution < 1.29 is 9.59 Å². The highest BCUT2D eigenvalue weighted by molar-refractivity contribution is 9.10. The average molecular weight is 405 g/mol. The molecule has 3 aliphatic rings. The van der Waals surface area contributed by atoms with Crippen LogP contribution in [-0.4, -0.2) is 47.3 Å². The molecule has 0 aromatic heterocycles. The zero-order valence-electron chi connectivity index (χ0n) is 14.5. The smallest absolute Gasteiger partial charge is 0.253 e. The molecule has 0 bridgehead atoms. The number of amides is 2. The molecule has 1 aromatic rings. The quantitative estimate of drug-likeness (QED) is 0.750. The van der Waals surface area contributed by atoms with Gasteiger partial charge in [0.15, 0.2) is 0 Å². The number of benzene rings is 1. The molecule has 0 spiro atoms. The summed E-state index contributed by atoms with van der Waals surface area (Å²) in [5, 5.41) is 0. The first-order valence-electron chi connectivity index (χ1n) is 9.47. The molecule has 4 nitrogen and oxygen atoms in total. The Morgan fingerprint density at radius 2 is 1.64 bits per heavy atom. The van der Waals surface area contributed by atoms with Gasteiger partial charge < -0.3 is 9.80 Å². The van der Waals surface area contributed by atoms with Crippen molar-refractivity contribution in [2.45, 2.75) is 44.6 Å². The van der Waals surface area contributed by atoms with Gasteiger partial charge in [0.1, 0.15) is 0 Å². The lowest BCUT2D eigenvalue weighted by Gasteiger charge is -2.34. The second kappa shape index (κ2) is 7.10. The molecule has 0 radical (unpaired) electrons. The van der Waals surface area contributed by atoms with Crippen LogP contribution in [0.5, 0.6) is 0 Å². The highest BCUT2D eigenvalue weighted by Gasteiger charge is 2.39. The summed E-state index contributed by atoms with van der Waals surface area (Å²) in [7, 11) is 0. The van der Waals surface area contributed by atoms with Crippen molar-refractivity contribution in [3.63, 3.8) is 0 Å². The number of likely N-dealkylation sites (tertiary alicyclic amines) is 1. The lowest BCUT2D eigenvalue weighted by atomic mass is 9.94. The number of nitrogens with zero attached hydrogens (tertiary/aromatic N) is 2. The van der Waals surface area contributed by atoms with Crippen molar-refractivity contribution in [3.8, 4) is 0 Å². The molecule has 0 N–H and O–H groups in total. The second-order valence-electron chi connectivity index (χ2n) is 7.74. The van der Waals surface area contributed by atoms with E-state index in [0.717, 1.165) is 35.3 Å². The molecule has 5 heteroatoms. The van der Waals surface area contributed by atoms with Crippen LogP contribution in [0, 0.1) is 11.8 Å². The predicted molar refractivity (Wildman–Crippen MR) is 100 cm³/mol. The zero-order valence-corrected chi connectivity index (χ0v) is 16.1. The number of carbonyl (C=O) groups is 2. The number of carbonyl (C=O) groups excluding carboxylic acids is 2. The first-order chi connectivity index (χ1) is 12.1. The highest BCUT2D eigenvalue weighted by Crippen LogP contribution is 2.36. The molecule has 0 unspecified atom stereocenters. The minimum atomic E-state index is 0.0791. The number of piperidine rings is 1. The van der Waals surface area contributed by atoms with E-state index < -0.39 is 0 Å². The van der Waals surface area contributed by atoms with Gasteiger partial charge in [-0.25, -0.2) is 0 Å². The largest absolute Gasteiger partial charge is 0.339 e. The summed E-state index contributed by atoms with van der Waals surface area (Å²) < 4.78 is 0.976. The van der Waals surface area contributed by atoms with E-state index in [1.807, 2.05) is 29.2 Å². The lowest BCUT2D eigenvalue weighted by molar-refractivity contribution is -0.137. The second-order valence-corrected chi connectivity index (χ2v) is 8.65. The highest BCUT2D eigenvalue weighted by atomic mass is 79.9. The molecule has 3 fully saturated rings. The van der Waals surface area contributed by atoms with Crippen LogP contribution in [-0.2, 0) is 4.79 Å². The van der Waals surface area contributed by atoms with Crippen LogP contribution in [0.15, 0.2) is 28.7 Å². The maximum absolute atomic E-state index is 12.9. The number of hydrogen-bond donors (Lipinski definition) is 0. The molecule has 2 amide bonds. The standard InChI is InChI=1S/C20H25BrN2O2/c21-17-5-3-15(4-6-17)19(24)22-11-9-16(10-12-22)20(25)23(18-7-8-18)13-14-1-2-14/h3-6,14,16,18H,1-2,7-13H2. The van der Waals surface area contributed by atoms with Crippen molar-refractivity contribution in [2.24, 2.45) is 11.8 Å². The van der Waals surface area contributed by atoms with Gasteiger partial charge in [0.2, 0.25) is 5.91 Å². The summed E-state index contributed by atoms with van der Waals surface area (Å²) in [6.07, 6.45) is 6.54. The molecular weight excluding hydrogens is 380 g/mol. The average Bonchev–Trinajstić information content (AvgIpc) is 3.53. The van der Waals surface area contributed by atoms with Crippen LogP contribution in [0.3, 0.4) is 0 Å². The number of halogens is 1. The zero-order chi connectivity index (χ0) is 17.4. The summed E-state index contributed by atoms with van der Waals surface area (Å²) >= 11 is 3.40. The van der Waals surface area contributed by atoms with Gasteiger partial charge in [-0.15, -0.1) is 0 Å². The first kappa shape index (κ1) is 17.1. The Kier molecular flexibility index (Phi) is 4.85. The Balaban J connectivity index is 1.33. The fourth-order valence-corrected chi connectivity index (χ4v) is 3.99.